The van der Waals surface area contributed by atoms with Crippen LogP contribution in [0.3, 0.4) is 0 Å². The van der Waals surface area contributed by atoms with E-state index in [1.165, 1.54) is 0 Å². The zero-order valence-corrected chi connectivity index (χ0v) is 17.2. The number of hydrogen-bond acceptors (Lipinski definition) is 4. The number of hydrogen-bond donors (Lipinski definition) is 2. The van der Waals surface area contributed by atoms with Gasteiger partial charge in [-0.25, -0.2) is 4.98 Å². The van der Waals surface area contributed by atoms with Crippen molar-refractivity contribution in [2.75, 3.05) is 13.1 Å². The van der Waals surface area contributed by atoms with Crippen LogP contribution in [0.25, 0.3) is 0 Å². The molecule has 1 rings (SSSR count). The SMILES string of the molecule is CCC(CC)(CN)C(=O)NCCc1nc(C(C)(C)C)cs1.Cl.Cl. The fourth-order valence-corrected chi connectivity index (χ4v) is 3.22. The summed E-state index contributed by atoms with van der Waals surface area (Å²) in [5.41, 5.74) is 6.57. The van der Waals surface area contributed by atoms with Crippen LogP contribution in [0.4, 0.5) is 0 Å². The second-order valence-electron chi connectivity index (χ2n) is 6.57. The number of carbonyl (C=O) groups excluding carboxylic acids is 1. The average Bonchev–Trinajstić information content (AvgIpc) is 2.90. The molecule has 1 amide bonds. The van der Waals surface area contributed by atoms with E-state index in [1.807, 2.05) is 13.8 Å². The molecule has 0 aliphatic rings. The third-order valence-electron chi connectivity index (χ3n) is 4.17. The Morgan fingerprint density at radius 1 is 1.26 bits per heavy atom. The molecule has 1 aromatic heterocycles. The largest absolute Gasteiger partial charge is 0.355 e. The molecule has 0 aliphatic carbocycles. The average molecular weight is 384 g/mol. The number of aromatic nitrogens is 1. The molecule has 0 aliphatic heterocycles. The van der Waals surface area contributed by atoms with Crippen molar-refractivity contribution in [1.29, 1.82) is 0 Å². The summed E-state index contributed by atoms with van der Waals surface area (Å²) in [6.45, 7) is 11.5. The smallest absolute Gasteiger partial charge is 0.227 e. The van der Waals surface area contributed by atoms with Crippen molar-refractivity contribution in [3.05, 3.63) is 16.1 Å². The van der Waals surface area contributed by atoms with Crippen LogP contribution in [0.5, 0.6) is 0 Å². The quantitative estimate of drug-likeness (QED) is 0.753. The van der Waals surface area contributed by atoms with Crippen molar-refractivity contribution in [3.8, 4) is 0 Å². The minimum absolute atomic E-state index is 0. The van der Waals surface area contributed by atoms with Gasteiger partial charge in [-0.15, -0.1) is 36.2 Å². The lowest BCUT2D eigenvalue weighted by Gasteiger charge is -2.28. The van der Waals surface area contributed by atoms with Crippen LogP contribution in [-0.4, -0.2) is 24.0 Å². The molecule has 0 fully saturated rings. The molecule has 0 saturated carbocycles. The lowest BCUT2D eigenvalue weighted by molar-refractivity contribution is -0.131. The molecule has 0 unspecified atom stereocenters. The van der Waals surface area contributed by atoms with Gasteiger partial charge in [-0.1, -0.05) is 34.6 Å². The van der Waals surface area contributed by atoms with E-state index in [0.29, 0.717) is 13.1 Å². The summed E-state index contributed by atoms with van der Waals surface area (Å²) >= 11 is 1.67. The van der Waals surface area contributed by atoms with E-state index in [-0.39, 0.29) is 36.1 Å². The third-order valence-corrected chi connectivity index (χ3v) is 5.08. The maximum atomic E-state index is 12.3. The first kappa shape index (κ1) is 24.9. The van der Waals surface area contributed by atoms with Gasteiger partial charge in [0, 0.05) is 30.3 Å². The van der Waals surface area contributed by atoms with E-state index in [2.05, 4.69) is 36.5 Å². The number of nitrogens with zero attached hydrogens (tertiary/aromatic N) is 1. The highest BCUT2D eigenvalue weighted by Gasteiger charge is 2.32. The lowest BCUT2D eigenvalue weighted by Crippen LogP contribution is -2.45. The Hall–Kier alpha value is -0.360. The van der Waals surface area contributed by atoms with Crippen molar-refractivity contribution in [1.82, 2.24) is 10.3 Å². The van der Waals surface area contributed by atoms with Gasteiger partial charge < -0.3 is 11.1 Å². The molecule has 0 atom stereocenters. The van der Waals surface area contributed by atoms with Crippen molar-refractivity contribution in [3.63, 3.8) is 0 Å². The summed E-state index contributed by atoms with van der Waals surface area (Å²) in [6.07, 6.45) is 2.33. The number of thiazole rings is 1. The highest BCUT2D eigenvalue weighted by atomic mass is 35.5. The van der Waals surface area contributed by atoms with E-state index in [9.17, 15) is 4.79 Å². The molecule has 23 heavy (non-hydrogen) atoms. The first-order valence-corrected chi connectivity index (χ1v) is 8.60. The third kappa shape index (κ3) is 6.57. The molecule has 0 saturated heterocycles. The standard InChI is InChI=1S/C16H29N3OS.2ClH/c1-6-16(7-2,11-17)14(20)18-9-8-13-19-12(10-21-13)15(3,4)5;;/h10H,6-9,11,17H2,1-5H3,(H,18,20);2*1H. The normalized spacial score (nSPS) is 11.4. The first-order chi connectivity index (χ1) is 9.79. The van der Waals surface area contributed by atoms with E-state index in [1.54, 1.807) is 11.3 Å². The highest BCUT2D eigenvalue weighted by molar-refractivity contribution is 7.09. The van der Waals surface area contributed by atoms with Gasteiger partial charge in [0.2, 0.25) is 5.91 Å². The second kappa shape index (κ2) is 10.5. The summed E-state index contributed by atoms with van der Waals surface area (Å²) in [6, 6.07) is 0. The molecule has 0 aromatic carbocycles. The first-order valence-electron chi connectivity index (χ1n) is 7.72. The van der Waals surface area contributed by atoms with Gasteiger partial charge in [0.25, 0.3) is 0 Å². The number of halogens is 2. The fraction of sp³-hybridized carbons (Fsp3) is 0.750. The van der Waals surface area contributed by atoms with Crippen LogP contribution in [0.15, 0.2) is 5.38 Å². The number of amides is 1. The zero-order chi connectivity index (χ0) is 16.1. The topological polar surface area (TPSA) is 68.0 Å². The summed E-state index contributed by atoms with van der Waals surface area (Å²) in [5, 5.41) is 6.21. The molecule has 136 valence electrons. The van der Waals surface area contributed by atoms with Gasteiger partial charge in [-0.3, -0.25) is 4.79 Å². The summed E-state index contributed by atoms with van der Waals surface area (Å²) in [4.78, 5) is 16.9. The summed E-state index contributed by atoms with van der Waals surface area (Å²) < 4.78 is 0. The molecule has 7 heteroatoms. The Morgan fingerprint density at radius 2 is 1.83 bits per heavy atom. The second-order valence-corrected chi connectivity index (χ2v) is 7.52. The van der Waals surface area contributed by atoms with Gasteiger partial charge in [0.15, 0.2) is 0 Å². The molecule has 4 nitrogen and oxygen atoms in total. The Balaban J connectivity index is 0. The van der Waals surface area contributed by atoms with Crippen LogP contribution in [0.2, 0.25) is 0 Å². The number of nitrogens with two attached hydrogens (primary N) is 1. The number of nitrogens with one attached hydrogen (secondary N) is 1. The summed E-state index contributed by atoms with van der Waals surface area (Å²) in [5.74, 6) is 0.0719. The van der Waals surface area contributed by atoms with Gasteiger partial charge >= 0.3 is 0 Å². The van der Waals surface area contributed by atoms with E-state index < -0.39 is 5.41 Å². The molecular formula is C16H31Cl2N3OS. The van der Waals surface area contributed by atoms with E-state index in [0.717, 1.165) is 30.0 Å². The van der Waals surface area contributed by atoms with E-state index in [4.69, 9.17) is 5.73 Å². The number of rotatable bonds is 7. The van der Waals surface area contributed by atoms with Crippen LogP contribution in [0.1, 0.15) is 58.2 Å². The number of carbonyl (C=O) groups is 1. The molecule has 1 aromatic rings. The Labute approximate surface area is 156 Å². The van der Waals surface area contributed by atoms with Crippen molar-refractivity contribution in [2.24, 2.45) is 11.1 Å². The molecule has 0 radical (unpaired) electrons. The van der Waals surface area contributed by atoms with Crippen molar-refractivity contribution < 1.29 is 4.79 Å². The van der Waals surface area contributed by atoms with Crippen LogP contribution >= 0.6 is 36.2 Å². The van der Waals surface area contributed by atoms with Crippen molar-refractivity contribution in [2.45, 2.75) is 59.3 Å². The van der Waals surface area contributed by atoms with Crippen molar-refractivity contribution >= 4 is 42.1 Å². The van der Waals surface area contributed by atoms with Crippen LogP contribution < -0.4 is 11.1 Å². The maximum Gasteiger partial charge on any atom is 0.227 e. The van der Waals surface area contributed by atoms with Crippen LogP contribution in [0, 0.1) is 5.41 Å². The van der Waals surface area contributed by atoms with Gasteiger partial charge in [0.05, 0.1) is 16.1 Å². The van der Waals surface area contributed by atoms with Gasteiger partial charge in [0.1, 0.15) is 0 Å². The Morgan fingerprint density at radius 3 is 2.22 bits per heavy atom. The lowest BCUT2D eigenvalue weighted by atomic mass is 9.81. The summed E-state index contributed by atoms with van der Waals surface area (Å²) in [7, 11) is 0. The zero-order valence-electron chi connectivity index (χ0n) is 14.8. The predicted octanol–water partition coefficient (Wildman–Crippen LogP) is 3.71. The monoisotopic (exact) mass is 383 g/mol. The Kier molecular flexibility index (Phi) is 11.4. The van der Waals surface area contributed by atoms with Crippen LogP contribution in [-0.2, 0) is 16.6 Å². The molecule has 1 heterocycles. The Bertz CT molecular complexity index is 460. The molecular weight excluding hydrogens is 353 g/mol. The minimum Gasteiger partial charge on any atom is -0.355 e. The molecule has 3 N–H and O–H groups in total. The predicted molar refractivity (Wildman–Crippen MR) is 104 cm³/mol. The van der Waals surface area contributed by atoms with Gasteiger partial charge in [-0.05, 0) is 12.8 Å². The maximum absolute atomic E-state index is 12.3. The molecule has 0 bridgehead atoms. The molecule has 0 spiro atoms. The van der Waals surface area contributed by atoms with E-state index >= 15 is 0 Å². The highest BCUT2D eigenvalue weighted by Crippen LogP contribution is 2.25. The van der Waals surface area contributed by atoms with Gasteiger partial charge in [-0.2, -0.15) is 0 Å². The minimum atomic E-state index is -0.417. The fourth-order valence-electron chi connectivity index (χ4n) is 2.19.